The van der Waals surface area contributed by atoms with Crippen LogP contribution in [0.4, 0.5) is 0 Å². The zero-order chi connectivity index (χ0) is 18.6. The molecule has 140 valence electrons. The quantitative estimate of drug-likeness (QED) is 0.824. The van der Waals surface area contributed by atoms with E-state index in [-0.39, 0.29) is 11.9 Å². The van der Waals surface area contributed by atoms with Gasteiger partial charge in [-0.25, -0.2) is 0 Å². The summed E-state index contributed by atoms with van der Waals surface area (Å²) in [5.41, 5.74) is 0.252. The van der Waals surface area contributed by atoms with Crippen LogP contribution in [-0.2, 0) is 4.79 Å². The molecule has 0 radical (unpaired) electrons. The molecule has 2 heterocycles. The maximum Gasteiger partial charge on any atom is 0.264 e. The second kappa shape index (κ2) is 7.86. The lowest BCUT2D eigenvalue weighted by molar-refractivity contribution is -0.140. The number of rotatable bonds is 6. The predicted molar refractivity (Wildman–Crippen MR) is 96.9 cm³/mol. The standard InChI is InChI=1S/C19H26N4O3/c1-4-16(17-21-14(3)23-26-17)22-18(24)19(9-11-20-12-10-19)25-15-7-5-13(2)6-8-15/h5-8,16,20H,4,9-12H2,1-3H3,(H,22,24)/t16-/m0/s1. The number of aromatic nitrogens is 2. The van der Waals surface area contributed by atoms with Gasteiger partial charge in [0.1, 0.15) is 11.8 Å². The van der Waals surface area contributed by atoms with Crippen LogP contribution >= 0.6 is 0 Å². The Balaban J connectivity index is 1.79. The average molecular weight is 358 g/mol. The highest BCUT2D eigenvalue weighted by atomic mass is 16.5. The average Bonchev–Trinajstić information content (AvgIpc) is 3.08. The van der Waals surface area contributed by atoms with Crippen LogP contribution in [0.5, 0.6) is 5.75 Å². The number of ether oxygens (including phenoxy) is 1. The van der Waals surface area contributed by atoms with E-state index in [0.717, 1.165) is 18.7 Å². The number of nitrogens with one attached hydrogen (secondary N) is 2. The fourth-order valence-corrected chi connectivity index (χ4v) is 3.12. The Morgan fingerprint density at radius 2 is 2.00 bits per heavy atom. The Kier molecular flexibility index (Phi) is 5.56. The van der Waals surface area contributed by atoms with Crippen molar-refractivity contribution >= 4 is 5.91 Å². The highest BCUT2D eigenvalue weighted by Crippen LogP contribution is 2.28. The molecule has 1 aromatic heterocycles. The Morgan fingerprint density at radius 3 is 2.58 bits per heavy atom. The maximum atomic E-state index is 13.2. The van der Waals surface area contributed by atoms with E-state index < -0.39 is 5.60 Å². The van der Waals surface area contributed by atoms with Crippen molar-refractivity contribution in [1.82, 2.24) is 20.8 Å². The number of aryl methyl sites for hydroxylation is 2. The minimum absolute atomic E-state index is 0.137. The number of nitrogens with zero attached hydrogens (tertiary/aromatic N) is 2. The molecule has 0 saturated carbocycles. The van der Waals surface area contributed by atoms with Crippen LogP contribution in [0, 0.1) is 13.8 Å². The van der Waals surface area contributed by atoms with Crippen molar-refractivity contribution in [3.8, 4) is 5.75 Å². The van der Waals surface area contributed by atoms with E-state index in [9.17, 15) is 4.79 Å². The zero-order valence-electron chi connectivity index (χ0n) is 15.5. The number of hydrogen-bond donors (Lipinski definition) is 2. The van der Waals surface area contributed by atoms with Crippen LogP contribution in [0.15, 0.2) is 28.8 Å². The smallest absolute Gasteiger partial charge is 0.264 e. The predicted octanol–water partition coefficient (Wildman–Crippen LogP) is 2.45. The van der Waals surface area contributed by atoms with Crippen molar-refractivity contribution in [3.63, 3.8) is 0 Å². The number of hydrogen-bond acceptors (Lipinski definition) is 6. The fraction of sp³-hybridized carbons (Fsp3) is 0.526. The monoisotopic (exact) mass is 358 g/mol. The first-order chi connectivity index (χ1) is 12.5. The van der Waals surface area contributed by atoms with Crippen molar-refractivity contribution < 1.29 is 14.1 Å². The summed E-state index contributed by atoms with van der Waals surface area (Å²) in [6.45, 7) is 7.22. The largest absolute Gasteiger partial charge is 0.477 e. The summed E-state index contributed by atoms with van der Waals surface area (Å²) in [5, 5.41) is 10.2. The number of amides is 1. The fourth-order valence-electron chi connectivity index (χ4n) is 3.12. The number of piperidine rings is 1. The van der Waals surface area contributed by atoms with E-state index in [4.69, 9.17) is 9.26 Å². The molecule has 26 heavy (non-hydrogen) atoms. The van der Waals surface area contributed by atoms with Gasteiger partial charge in [-0.2, -0.15) is 4.98 Å². The van der Waals surface area contributed by atoms with Gasteiger partial charge in [0, 0.05) is 12.8 Å². The number of carbonyl (C=O) groups is 1. The first-order valence-corrected chi connectivity index (χ1v) is 9.10. The van der Waals surface area contributed by atoms with E-state index in [1.54, 1.807) is 6.92 Å². The molecule has 7 nitrogen and oxygen atoms in total. The molecule has 7 heteroatoms. The lowest BCUT2D eigenvalue weighted by Crippen LogP contribution is -2.57. The van der Waals surface area contributed by atoms with Crippen molar-refractivity contribution in [2.45, 2.75) is 51.7 Å². The maximum absolute atomic E-state index is 13.2. The first-order valence-electron chi connectivity index (χ1n) is 9.10. The highest BCUT2D eigenvalue weighted by molar-refractivity contribution is 5.86. The molecule has 1 atom stereocenters. The second-order valence-electron chi connectivity index (χ2n) is 6.77. The van der Waals surface area contributed by atoms with E-state index in [0.29, 0.717) is 36.7 Å². The molecule has 2 aromatic rings. The lowest BCUT2D eigenvalue weighted by Gasteiger charge is -2.37. The molecule has 1 saturated heterocycles. The van der Waals surface area contributed by atoms with Gasteiger partial charge in [0.15, 0.2) is 11.4 Å². The van der Waals surface area contributed by atoms with Gasteiger partial charge in [-0.15, -0.1) is 0 Å². The molecular formula is C19H26N4O3. The van der Waals surface area contributed by atoms with Crippen LogP contribution in [0.1, 0.15) is 49.5 Å². The molecule has 3 rings (SSSR count). The van der Waals surface area contributed by atoms with Crippen LogP contribution < -0.4 is 15.4 Å². The summed E-state index contributed by atoms with van der Waals surface area (Å²) < 4.78 is 11.5. The van der Waals surface area contributed by atoms with Gasteiger partial charge in [-0.3, -0.25) is 4.79 Å². The lowest BCUT2D eigenvalue weighted by atomic mass is 9.90. The Labute approximate surface area is 153 Å². The van der Waals surface area contributed by atoms with Crippen molar-refractivity contribution in [3.05, 3.63) is 41.5 Å². The van der Waals surface area contributed by atoms with Gasteiger partial charge in [-0.1, -0.05) is 29.8 Å². The summed E-state index contributed by atoms with van der Waals surface area (Å²) in [6.07, 6.45) is 1.87. The van der Waals surface area contributed by atoms with Crippen LogP contribution in [-0.4, -0.2) is 34.7 Å². The van der Waals surface area contributed by atoms with Gasteiger partial charge in [0.25, 0.3) is 5.91 Å². The molecule has 0 unspecified atom stereocenters. The normalized spacial score (nSPS) is 17.5. The second-order valence-corrected chi connectivity index (χ2v) is 6.77. The summed E-state index contributed by atoms with van der Waals surface area (Å²) in [7, 11) is 0. The molecule has 1 aliphatic rings. The summed E-state index contributed by atoms with van der Waals surface area (Å²) in [6, 6.07) is 7.46. The molecule has 0 aliphatic carbocycles. The third kappa shape index (κ3) is 4.04. The molecular weight excluding hydrogens is 332 g/mol. The molecule has 1 fully saturated rings. The van der Waals surface area contributed by atoms with Crippen LogP contribution in [0.25, 0.3) is 0 Å². The number of carbonyl (C=O) groups excluding carboxylic acids is 1. The zero-order valence-corrected chi connectivity index (χ0v) is 15.5. The minimum atomic E-state index is -0.900. The van der Waals surface area contributed by atoms with E-state index in [1.807, 2.05) is 38.1 Å². The Bertz CT molecular complexity index is 735. The highest BCUT2D eigenvalue weighted by Gasteiger charge is 2.43. The molecule has 0 spiro atoms. The summed E-state index contributed by atoms with van der Waals surface area (Å²) >= 11 is 0. The van der Waals surface area contributed by atoms with Gasteiger partial charge in [-0.05, 0) is 45.5 Å². The van der Waals surface area contributed by atoms with Crippen LogP contribution in [0.3, 0.4) is 0 Å². The van der Waals surface area contributed by atoms with Crippen LogP contribution in [0.2, 0.25) is 0 Å². The molecule has 1 aliphatic heterocycles. The SMILES string of the molecule is CC[C@H](NC(=O)C1(Oc2ccc(C)cc2)CCNCC1)c1nc(C)no1. The van der Waals surface area contributed by atoms with Crippen molar-refractivity contribution in [1.29, 1.82) is 0 Å². The van der Waals surface area contributed by atoms with E-state index >= 15 is 0 Å². The van der Waals surface area contributed by atoms with Gasteiger partial charge in [0.2, 0.25) is 5.89 Å². The summed E-state index contributed by atoms with van der Waals surface area (Å²) in [5.74, 6) is 1.55. The Hall–Kier alpha value is -2.41. The van der Waals surface area contributed by atoms with Crippen molar-refractivity contribution in [2.75, 3.05) is 13.1 Å². The van der Waals surface area contributed by atoms with E-state index in [1.165, 1.54) is 0 Å². The minimum Gasteiger partial charge on any atom is -0.477 e. The topological polar surface area (TPSA) is 89.3 Å². The third-order valence-corrected chi connectivity index (χ3v) is 4.71. The van der Waals surface area contributed by atoms with Gasteiger partial charge < -0.3 is 19.9 Å². The Morgan fingerprint density at radius 1 is 1.31 bits per heavy atom. The summed E-state index contributed by atoms with van der Waals surface area (Å²) in [4.78, 5) is 17.4. The van der Waals surface area contributed by atoms with Crippen molar-refractivity contribution in [2.24, 2.45) is 0 Å². The molecule has 1 amide bonds. The van der Waals surface area contributed by atoms with E-state index in [2.05, 4.69) is 20.8 Å². The van der Waals surface area contributed by atoms with Gasteiger partial charge >= 0.3 is 0 Å². The molecule has 0 bridgehead atoms. The van der Waals surface area contributed by atoms with Gasteiger partial charge in [0.05, 0.1) is 0 Å². The first kappa shape index (κ1) is 18.4. The third-order valence-electron chi connectivity index (χ3n) is 4.71. The molecule has 2 N–H and O–H groups in total. The number of benzene rings is 1. The molecule has 1 aromatic carbocycles.